The highest BCUT2D eigenvalue weighted by molar-refractivity contribution is 7.92. The summed E-state index contributed by atoms with van der Waals surface area (Å²) >= 11 is 18.1. The molecular weight excluding hydrogens is 475 g/mol. The summed E-state index contributed by atoms with van der Waals surface area (Å²) in [5.41, 5.74) is 0.379. The fourth-order valence-corrected chi connectivity index (χ4v) is 4.45. The summed E-state index contributed by atoms with van der Waals surface area (Å²) in [6.45, 7) is 3.21. The van der Waals surface area contributed by atoms with Crippen LogP contribution in [0.2, 0.25) is 15.1 Å². The van der Waals surface area contributed by atoms with E-state index in [4.69, 9.17) is 39.5 Å². The van der Waals surface area contributed by atoms with Crippen molar-refractivity contribution in [2.24, 2.45) is 0 Å². The van der Waals surface area contributed by atoms with Gasteiger partial charge in [0.1, 0.15) is 6.04 Å². The van der Waals surface area contributed by atoms with Gasteiger partial charge in [0, 0.05) is 10.7 Å². The second-order valence-electron chi connectivity index (χ2n) is 6.23. The number of ether oxygens (including phenoxy) is 1. The number of benzene rings is 2. The van der Waals surface area contributed by atoms with Gasteiger partial charge in [-0.1, -0.05) is 34.8 Å². The van der Waals surface area contributed by atoms with E-state index in [9.17, 15) is 18.0 Å². The molecule has 2 aromatic carbocycles. The summed E-state index contributed by atoms with van der Waals surface area (Å²) in [5.74, 6) is -1.30. The minimum atomic E-state index is -3.90. The van der Waals surface area contributed by atoms with Crippen molar-refractivity contribution in [3.8, 4) is 0 Å². The van der Waals surface area contributed by atoms with E-state index >= 15 is 0 Å². The molecule has 1 unspecified atom stereocenters. The van der Waals surface area contributed by atoms with Crippen LogP contribution >= 0.6 is 34.8 Å². The number of carbonyl (C=O) groups is 2. The van der Waals surface area contributed by atoms with Crippen molar-refractivity contribution in [3.63, 3.8) is 0 Å². The Balaban J connectivity index is 2.36. The molecule has 2 rings (SSSR count). The summed E-state index contributed by atoms with van der Waals surface area (Å²) in [6, 6.07) is 7.37. The van der Waals surface area contributed by atoms with E-state index in [2.05, 4.69) is 5.32 Å². The normalized spacial score (nSPS) is 12.2. The van der Waals surface area contributed by atoms with Crippen molar-refractivity contribution >= 4 is 68.1 Å². The molecule has 0 saturated carbocycles. The zero-order valence-electron chi connectivity index (χ0n) is 16.3. The standard InChI is InChI=1S/C19H19Cl3N2O5S/c1-4-29-19(26)14-10-13(6-8-15(14)21)23-18(25)11(2)24(30(3,27)28)17-9-12(20)5-7-16(17)22/h5-11H,4H2,1-3H3,(H,23,25). The summed E-state index contributed by atoms with van der Waals surface area (Å²) < 4.78 is 30.6. The number of nitrogens with one attached hydrogen (secondary N) is 1. The highest BCUT2D eigenvalue weighted by atomic mass is 35.5. The van der Waals surface area contributed by atoms with Crippen LogP contribution in [0.4, 0.5) is 11.4 Å². The van der Waals surface area contributed by atoms with Crippen molar-refractivity contribution in [2.75, 3.05) is 22.5 Å². The number of hydrogen-bond donors (Lipinski definition) is 1. The predicted octanol–water partition coefficient (Wildman–Crippen LogP) is 4.62. The minimum absolute atomic E-state index is 0.0673. The molecule has 0 aromatic heterocycles. The van der Waals surface area contributed by atoms with Crippen LogP contribution in [0.3, 0.4) is 0 Å². The summed E-state index contributed by atoms with van der Waals surface area (Å²) in [7, 11) is -3.90. The molecule has 2 aromatic rings. The predicted molar refractivity (Wildman–Crippen MR) is 119 cm³/mol. The molecule has 0 bridgehead atoms. The lowest BCUT2D eigenvalue weighted by molar-refractivity contribution is -0.116. The third-order valence-corrected chi connectivity index (χ3v) is 6.08. The van der Waals surface area contributed by atoms with Gasteiger partial charge in [-0.15, -0.1) is 0 Å². The van der Waals surface area contributed by atoms with Crippen molar-refractivity contribution < 1.29 is 22.7 Å². The largest absolute Gasteiger partial charge is 0.462 e. The van der Waals surface area contributed by atoms with Crippen molar-refractivity contribution in [1.29, 1.82) is 0 Å². The number of nitrogens with zero attached hydrogens (tertiary/aromatic N) is 1. The SMILES string of the molecule is CCOC(=O)c1cc(NC(=O)C(C)N(c2cc(Cl)ccc2Cl)S(C)(=O)=O)ccc1Cl. The second-order valence-corrected chi connectivity index (χ2v) is 9.35. The Bertz CT molecular complexity index is 1080. The topological polar surface area (TPSA) is 92.8 Å². The van der Waals surface area contributed by atoms with Crippen molar-refractivity contribution in [3.05, 3.63) is 57.0 Å². The third-order valence-electron chi connectivity index (χ3n) is 3.96. The van der Waals surface area contributed by atoms with Crippen LogP contribution in [-0.2, 0) is 19.6 Å². The van der Waals surface area contributed by atoms with Crippen LogP contribution < -0.4 is 9.62 Å². The van der Waals surface area contributed by atoms with E-state index in [1.807, 2.05) is 0 Å². The van der Waals surface area contributed by atoms with Crippen LogP contribution in [0.25, 0.3) is 0 Å². The number of amides is 1. The molecule has 0 fully saturated rings. The fraction of sp³-hybridized carbons (Fsp3) is 0.263. The molecule has 0 heterocycles. The highest BCUT2D eigenvalue weighted by Gasteiger charge is 2.31. The van der Waals surface area contributed by atoms with Gasteiger partial charge in [0.2, 0.25) is 15.9 Å². The zero-order chi connectivity index (χ0) is 22.6. The van der Waals surface area contributed by atoms with Gasteiger partial charge in [-0.05, 0) is 50.2 Å². The lowest BCUT2D eigenvalue weighted by atomic mass is 10.2. The molecule has 0 aliphatic carbocycles. The molecular formula is C19H19Cl3N2O5S. The number of carbonyl (C=O) groups excluding carboxylic acids is 2. The van der Waals surface area contributed by atoms with Gasteiger partial charge in [0.25, 0.3) is 0 Å². The van der Waals surface area contributed by atoms with E-state index in [0.717, 1.165) is 10.6 Å². The van der Waals surface area contributed by atoms with Crippen LogP contribution in [-0.4, -0.2) is 39.2 Å². The van der Waals surface area contributed by atoms with Crippen molar-refractivity contribution in [2.45, 2.75) is 19.9 Å². The molecule has 1 amide bonds. The summed E-state index contributed by atoms with van der Waals surface area (Å²) in [4.78, 5) is 24.8. The van der Waals surface area contributed by atoms with Gasteiger partial charge >= 0.3 is 5.97 Å². The molecule has 1 N–H and O–H groups in total. The maximum absolute atomic E-state index is 12.8. The molecule has 1 atom stereocenters. The lowest BCUT2D eigenvalue weighted by Gasteiger charge is -2.29. The van der Waals surface area contributed by atoms with Crippen LogP contribution in [0.15, 0.2) is 36.4 Å². The first-order chi connectivity index (χ1) is 14.0. The number of esters is 1. The molecule has 0 spiro atoms. The molecule has 7 nitrogen and oxygen atoms in total. The first-order valence-corrected chi connectivity index (χ1v) is 11.7. The van der Waals surface area contributed by atoms with E-state index < -0.39 is 27.9 Å². The van der Waals surface area contributed by atoms with E-state index in [1.54, 1.807) is 6.92 Å². The van der Waals surface area contributed by atoms with Gasteiger partial charge in [-0.25, -0.2) is 13.2 Å². The maximum atomic E-state index is 12.8. The Morgan fingerprint density at radius 3 is 2.33 bits per heavy atom. The fourth-order valence-electron chi connectivity index (χ4n) is 2.65. The summed E-state index contributed by atoms with van der Waals surface area (Å²) in [6.07, 6.45) is 0.954. The number of hydrogen-bond acceptors (Lipinski definition) is 5. The quantitative estimate of drug-likeness (QED) is 0.568. The second kappa shape index (κ2) is 9.87. The maximum Gasteiger partial charge on any atom is 0.339 e. The Morgan fingerprint density at radius 2 is 1.73 bits per heavy atom. The Morgan fingerprint density at radius 1 is 1.10 bits per heavy atom. The number of sulfonamides is 1. The minimum Gasteiger partial charge on any atom is -0.462 e. The van der Waals surface area contributed by atoms with Crippen molar-refractivity contribution in [1.82, 2.24) is 0 Å². The van der Waals surface area contributed by atoms with Gasteiger partial charge in [-0.2, -0.15) is 0 Å². The third kappa shape index (κ3) is 5.78. The van der Waals surface area contributed by atoms with Gasteiger partial charge in [0.15, 0.2) is 0 Å². The van der Waals surface area contributed by atoms with Crippen LogP contribution in [0, 0.1) is 0 Å². The first kappa shape index (κ1) is 24.3. The van der Waals surface area contributed by atoms with E-state index in [-0.39, 0.29) is 38.6 Å². The molecule has 0 saturated heterocycles. The highest BCUT2D eigenvalue weighted by Crippen LogP contribution is 2.32. The Hall–Kier alpha value is -2.00. The average Bonchev–Trinajstić information content (AvgIpc) is 2.65. The smallest absolute Gasteiger partial charge is 0.339 e. The number of halogens is 3. The Kier molecular flexibility index (Phi) is 7.99. The van der Waals surface area contributed by atoms with Crippen LogP contribution in [0.5, 0.6) is 0 Å². The van der Waals surface area contributed by atoms with E-state index in [1.165, 1.54) is 43.3 Å². The molecule has 30 heavy (non-hydrogen) atoms. The monoisotopic (exact) mass is 492 g/mol. The number of rotatable bonds is 7. The average molecular weight is 494 g/mol. The van der Waals surface area contributed by atoms with E-state index in [0.29, 0.717) is 0 Å². The Labute approximate surface area is 189 Å². The van der Waals surface area contributed by atoms with Gasteiger partial charge in [0.05, 0.1) is 34.2 Å². The molecule has 0 radical (unpaired) electrons. The zero-order valence-corrected chi connectivity index (χ0v) is 19.4. The summed E-state index contributed by atoms with van der Waals surface area (Å²) in [5, 5.41) is 3.10. The van der Waals surface area contributed by atoms with Gasteiger partial charge < -0.3 is 10.1 Å². The molecule has 11 heteroatoms. The number of anilines is 2. The lowest BCUT2D eigenvalue weighted by Crippen LogP contribution is -2.45. The first-order valence-electron chi connectivity index (χ1n) is 8.67. The molecule has 162 valence electrons. The molecule has 0 aliphatic heterocycles. The molecule has 0 aliphatic rings. The van der Waals surface area contributed by atoms with Gasteiger partial charge in [-0.3, -0.25) is 9.10 Å². The van der Waals surface area contributed by atoms with Crippen LogP contribution in [0.1, 0.15) is 24.2 Å².